The molecule has 0 spiro atoms. The number of rotatable bonds is 5. The Morgan fingerprint density at radius 3 is 2.36 bits per heavy atom. The van der Waals surface area contributed by atoms with Crippen LogP contribution in [0.4, 0.5) is 0 Å². The molecule has 0 heterocycles. The topological polar surface area (TPSA) is 35.5 Å². The highest BCUT2D eigenvalue weighted by Crippen LogP contribution is 2.07. The van der Waals surface area contributed by atoms with Crippen LogP contribution in [0.5, 0.6) is 0 Å². The summed E-state index contributed by atoms with van der Waals surface area (Å²) in [5, 5.41) is 12.3. The van der Waals surface area contributed by atoms with Gasteiger partial charge in [-0.15, -0.1) is 0 Å². The number of aliphatic hydroxyl groups is 1. The molecule has 0 fully saturated rings. The lowest BCUT2D eigenvalue weighted by molar-refractivity contribution is 0.404. The molecule has 0 saturated heterocycles. The summed E-state index contributed by atoms with van der Waals surface area (Å²) in [6.45, 7) is 7.58. The Balaban J connectivity index is 4.30. The fourth-order valence-electron chi connectivity index (χ4n) is 0.984. The van der Waals surface area contributed by atoms with E-state index in [9.17, 15) is 5.11 Å². The van der Waals surface area contributed by atoms with Crippen molar-refractivity contribution < 1.29 is 5.11 Å². The molecular weight excluding hydrogens is 176 g/mol. The van der Waals surface area contributed by atoms with E-state index in [1.165, 1.54) is 0 Å². The van der Waals surface area contributed by atoms with Gasteiger partial charge in [0.15, 0.2) is 0 Å². The number of nitrogens with zero attached hydrogens (tertiary/aromatic N) is 1. The van der Waals surface area contributed by atoms with Crippen molar-refractivity contribution in [2.75, 3.05) is 27.2 Å². The zero-order chi connectivity index (χ0) is 11.1. The molecule has 3 nitrogen and oxygen atoms in total. The highest BCUT2D eigenvalue weighted by Gasteiger charge is 1.98. The summed E-state index contributed by atoms with van der Waals surface area (Å²) in [5.41, 5.74) is 2.07. The van der Waals surface area contributed by atoms with Gasteiger partial charge in [-0.05, 0) is 39.5 Å². The first-order valence-corrected chi connectivity index (χ1v) is 4.89. The van der Waals surface area contributed by atoms with Gasteiger partial charge in [-0.1, -0.05) is 0 Å². The average molecular weight is 198 g/mol. The largest absolute Gasteiger partial charge is 0.512 e. The first kappa shape index (κ1) is 13.0. The van der Waals surface area contributed by atoms with Crippen LogP contribution < -0.4 is 5.32 Å². The van der Waals surface area contributed by atoms with Crippen LogP contribution in [0.15, 0.2) is 23.1 Å². The maximum Gasteiger partial charge on any atom is 0.0921 e. The first-order valence-electron chi connectivity index (χ1n) is 4.89. The summed E-state index contributed by atoms with van der Waals surface area (Å²) >= 11 is 0. The second-order valence-electron chi connectivity index (χ2n) is 3.58. The van der Waals surface area contributed by atoms with Crippen LogP contribution in [-0.4, -0.2) is 37.2 Å². The van der Waals surface area contributed by atoms with Crippen LogP contribution in [0.3, 0.4) is 0 Å². The van der Waals surface area contributed by atoms with E-state index in [4.69, 9.17) is 0 Å². The predicted octanol–water partition coefficient (Wildman–Crippen LogP) is 1.89. The number of nitrogens with one attached hydrogen (secondary N) is 1. The Morgan fingerprint density at radius 1 is 1.36 bits per heavy atom. The normalized spacial score (nSPS) is 13.9. The molecule has 3 heteroatoms. The van der Waals surface area contributed by atoms with E-state index in [1.807, 2.05) is 34.0 Å². The van der Waals surface area contributed by atoms with Crippen LogP contribution in [0, 0.1) is 0 Å². The lowest BCUT2D eigenvalue weighted by atomic mass is 10.2. The molecule has 0 atom stereocenters. The van der Waals surface area contributed by atoms with Crippen molar-refractivity contribution in [2.45, 2.75) is 20.8 Å². The van der Waals surface area contributed by atoms with Crippen molar-refractivity contribution in [3.8, 4) is 0 Å². The van der Waals surface area contributed by atoms with E-state index >= 15 is 0 Å². The molecule has 14 heavy (non-hydrogen) atoms. The van der Waals surface area contributed by atoms with E-state index < -0.39 is 0 Å². The Morgan fingerprint density at radius 2 is 1.93 bits per heavy atom. The molecule has 0 amide bonds. The molecule has 0 saturated carbocycles. The first-order chi connectivity index (χ1) is 6.49. The zero-order valence-corrected chi connectivity index (χ0v) is 9.89. The van der Waals surface area contributed by atoms with Gasteiger partial charge in [0, 0.05) is 25.8 Å². The van der Waals surface area contributed by atoms with Crippen molar-refractivity contribution in [3.63, 3.8) is 0 Å². The summed E-state index contributed by atoms with van der Waals surface area (Å²) in [6.07, 6.45) is 1.99. The monoisotopic (exact) mass is 198 g/mol. The molecule has 0 rings (SSSR count). The summed E-state index contributed by atoms with van der Waals surface area (Å²) in [6, 6.07) is 0. The second kappa shape index (κ2) is 6.49. The third kappa shape index (κ3) is 4.92. The molecule has 0 aliphatic heterocycles. The molecule has 0 aromatic carbocycles. The molecular formula is C11H22N2O. The lowest BCUT2D eigenvalue weighted by Gasteiger charge is -2.19. The summed E-state index contributed by atoms with van der Waals surface area (Å²) in [4.78, 5) is 2.16. The third-order valence-electron chi connectivity index (χ3n) is 2.30. The maximum atomic E-state index is 9.23. The smallest absolute Gasteiger partial charge is 0.0921 e. The number of hydrogen-bond donors (Lipinski definition) is 2. The Bertz CT molecular complexity index is 227. The van der Waals surface area contributed by atoms with E-state index in [0.29, 0.717) is 5.76 Å². The molecule has 0 unspecified atom stereocenters. The molecule has 0 radical (unpaired) electrons. The summed E-state index contributed by atoms with van der Waals surface area (Å²) in [5.74, 6) is 0.381. The number of hydrogen-bond acceptors (Lipinski definition) is 3. The Labute approximate surface area is 87.1 Å². The van der Waals surface area contributed by atoms with Gasteiger partial charge in [-0.3, -0.25) is 0 Å². The fourth-order valence-corrected chi connectivity index (χ4v) is 0.984. The minimum Gasteiger partial charge on any atom is -0.512 e. The highest BCUT2D eigenvalue weighted by atomic mass is 16.3. The Kier molecular flexibility index (Phi) is 6.04. The van der Waals surface area contributed by atoms with Crippen LogP contribution in [0.2, 0.25) is 0 Å². The van der Waals surface area contributed by atoms with Gasteiger partial charge < -0.3 is 15.3 Å². The van der Waals surface area contributed by atoms with Crippen molar-refractivity contribution in [3.05, 3.63) is 23.1 Å². The number of likely N-dealkylation sites (N-methyl/N-ethyl adjacent to an activating group) is 2. The van der Waals surface area contributed by atoms with Gasteiger partial charge in [0.1, 0.15) is 0 Å². The summed E-state index contributed by atoms with van der Waals surface area (Å²) in [7, 11) is 3.99. The molecule has 0 bridgehead atoms. The molecule has 0 aliphatic rings. The van der Waals surface area contributed by atoms with Crippen LogP contribution in [0.25, 0.3) is 0 Å². The molecule has 82 valence electrons. The van der Waals surface area contributed by atoms with E-state index in [0.717, 1.165) is 24.4 Å². The minimum absolute atomic E-state index is 0.381. The average Bonchev–Trinajstić information content (AvgIpc) is 2.13. The number of allylic oxidation sites excluding steroid dienone is 4. The molecule has 2 N–H and O–H groups in total. The number of aliphatic hydroxyl groups excluding tert-OH is 1. The Hall–Kier alpha value is -0.960. The molecule has 0 aromatic rings. The van der Waals surface area contributed by atoms with E-state index in [2.05, 4.69) is 10.2 Å². The van der Waals surface area contributed by atoms with Gasteiger partial charge in [-0.2, -0.15) is 0 Å². The molecule has 0 aliphatic carbocycles. The highest BCUT2D eigenvalue weighted by molar-refractivity contribution is 5.21. The van der Waals surface area contributed by atoms with E-state index in [1.54, 1.807) is 6.92 Å². The van der Waals surface area contributed by atoms with Gasteiger partial charge >= 0.3 is 0 Å². The van der Waals surface area contributed by atoms with Crippen molar-refractivity contribution in [1.82, 2.24) is 10.2 Å². The van der Waals surface area contributed by atoms with E-state index in [-0.39, 0.29) is 0 Å². The van der Waals surface area contributed by atoms with Crippen LogP contribution in [0.1, 0.15) is 20.8 Å². The standard InChI is InChI=1S/C11H22N2O/c1-9(11(3)14)8-10(2)13(5)7-6-12-4/h8,12,14H,6-7H2,1-5H3/b10-8+,11-9+. The SMILES string of the molecule is CNCCN(C)/C(C)=C/C(C)=C(\C)O. The van der Waals surface area contributed by atoms with Crippen molar-refractivity contribution in [1.29, 1.82) is 0 Å². The van der Waals surface area contributed by atoms with Gasteiger partial charge in [0.25, 0.3) is 0 Å². The summed E-state index contributed by atoms with van der Waals surface area (Å²) < 4.78 is 0. The third-order valence-corrected chi connectivity index (χ3v) is 2.30. The van der Waals surface area contributed by atoms with Gasteiger partial charge in [0.05, 0.1) is 5.76 Å². The fraction of sp³-hybridized carbons (Fsp3) is 0.636. The van der Waals surface area contributed by atoms with Crippen molar-refractivity contribution in [2.24, 2.45) is 0 Å². The van der Waals surface area contributed by atoms with Crippen LogP contribution in [-0.2, 0) is 0 Å². The maximum absolute atomic E-state index is 9.23. The minimum atomic E-state index is 0.381. The van der Waals surface area contributed by atoms with Crippen molar-refractivity contribution >= 4 is 0 Å². The van der Waals surface area contributed by atoms with Crippen LogP contribution >= 0.6 is 0 Å². The second-order valence-corrected chi connectivity index (χ2v) is 3.58. The van der Waals surface area contributed by atoms with Gasteiger partial charge in [-0.25, -0.2) is 0 Å². The van der Waals surface area contributed by atoms with Gasteiger partial charge in [0.2, 0.25) is 0 Å². The molecule has 0 aromatic heterocycles. The predicted molar refractivity (Wildman–Crippen MR) is 61.3 cm³/mol. The zero-order valence-electron chi connectivity index (χ0n) is 9.89. The lowest BCUT2D eigenvalue weighted by Crippen LogP contribution is -2.26. The quantitative estimate of drug-likeness (QED) is 0.523.